The van der Waals surface area contributed by atoms with E-state index in [4.69, 9.17) is 0 Å². The van der Waals surface area contributed by atoms with E-state index in [1.165, 1.54) is 18.4 Å². The summed E-state index contributed by atoms with van der Waals surface area (Å²) in [7, 11) is 0. The molecule has 0 bridgehead atoms. The van der Waals surface area contributed by atoms with Crippen molar-refractivity contribution in [3.8, 4) is 0 Å². The average molecular weight is 283 g/mol. The fourth-order valence-corrected chi connectivity index (χ4v) is 2.36. The van der Waals surface area contributed by atoms with Crippen LogP contribution in [0.25, 0.3) is 0 Å². The molecule has 0 saturated carbocycles. The van der Waals surface area contributed by atoms with E-state index >= 15 is 0 Å². The Morgan fingerprint density at radius 3 is 2.68 bits per heavy atom. The first-order valence-electron chi connectivity index (χ1n) is 6.90. The van der Waals surface area contributed by atoms with Crippen LogP contribution < -0.4 is 10.6 Å². The fraction of sp³-hybridized carbons (Fsp3) is 0.533. The van der Waals surface area contributed by atoms with Crippen molar-refractivity contribution in [1.82, 2.24) is 10.6 Å². The number of aryl methyl sites for hydroxylation is 1. The lowest BCUT2D eigenvalue weighted by Crippen LogP contribution is -2.30. The normalized spacial score (nSPS) is 17.8. The van der Waals surface area contributed by atoms with E-state index in [2.05, 4.69) is 17.6 Å². The van der Waals surface area contributed by atoms with Gasteiger partial charge in [0.05, 0.1) is 0 Å². The molecular formula is C15H23ClN2O. The molecule has 106 valence electrons. The molecule has 1 heterocycles. The molecule has 1 aromatic carbocycles. The Kier molecular flexibility index (Phi) is 6.89. The molecule has 0 aliphatic carbocycles. The van der Waals surface area contributed by atoms with Gasteiger partial charge >= 0.3 is 0 Å². The van der Waals surface area contributed by atoms with Crippen molar-refractivity contribution < 1.29 is 4.79 Å². The molecule has 0 spiro atoms. The molecule has 1 aliphatic heterocycles. The second kappa shape index (κ2) is 8.18. The molecule has 4 heteroatoms. The van der Waals surface area contributed by atoms with Gasteiger partial charge in [-0.25, -0.2) is 0 Å². The summed E-state index contributed by atoms with van der Waals surface area (Å²) in [5.41, 5.74) is 2.02. The van der Waals surface area contributed by atoms with E-state index < -0.39 is 0 Å². The molecule has 2 N–H and O–H groups in total. The average Bonchev–Trinajstić information content (AvgIpc) is 2.92. The van der Waals surface area contributed by atoms with Crippen molar-refractivity contribution >= 4 is 18.3 Å². The zero-order chi connectivity index (χ0) is 12.8. The largest absolute Gasteiger partial charge is 0.352 e. The minimum absolute atomic E-state index is 0. The monoisotopic (exact) mass is 282 g/mol. The van der Waals surface area contributed by atoms with Crippen molar-refractivity contribution in [2.24, 2.45) is 0 Å². The van der Waals surface area contributed by atoms with Crippen LogP contribution >= 0.6 is 12.4 Å². The Balaban J connectivity index is 0.00000180. The minimum Gasteiger partial charge on any atom is -0.352 e. The molecule has 1 aliphatic rings. The Hall–Kier alpha value is -1.06. The standard InChI is InChI=1S/C15H22N2O.ClH/c1-2-12-5-7-13(8-6-12)15(18)17-11-9-14-4-3-10-16-14;/h5-8,14,16H,2-4,9-11H2,1H3,(H,17,18);1H/t14-;/m1./s1. The number of nitrogens with one attached hydrogen (secondary N) is 2. The summed E-state index contributed by atoms with van der Waals surface area (Å²) in [6, 6.07) is 8.44. The highest BCUT2D eigenvalue weighted by Gasteiger charge is 2.13. The number of halogens is 1. The van der Waals surface area contributed by atoms with Crippen LogP contribution in [0.5, 0.6) is 0 Å². The quantitative estimate of drug-likeness (QED) is 0.871. The van der Waals surface area contributed by atoms with Crippen molar-refractivity contribution in [2.75, 3.05) is 13.1 Å². The molecular weight excluding hydrogens is 260 g/mol. The van der Waals surface area contributed by atoms with E-state index in [0.29, 0.717) is 6.04 Å². The van der Waals surface area contributed by atoms with Gasteiger partial charge in [-0.1, -0.05) is 19.1 Å². The molecule has 1 atom stereocenters. The van der Waals surface area contributed by atoms with Gasteiger partial charge in [0.1, 0.15) is 0 Å². The zero-order valence-electron chi connectivity index (χ0n) is 11.4. The highest BCUT2D eigenvalue weighted by molar-refractivity contribution is 5.94. The molecule has 2 rings (SSSR count). The van der Waals surface area contributed by atoms with Crippen LogP contribution in [0, 0.1) is 0 Å². The van der Waals surface area contributed by atoms with Crippen LogP contribution in [0.3, 0.4) is 0 Å². The molecule has 0 aromatic heterocycles. The number of rotatable bonds is 5. The summed E-state index contributed by atoms with van der Waals surface area (Å²) in [4.78, 5) is 11.9. The Labute approximate surface area is 121 Å². The third-order valence-electron chi connectivity index (χ3n) is 3.57. The predicted octanol–water partition coefficient (Wildman–Crippen LogP) is 2.54. The molecule has 1 fully saturated rings. The van der Waals surface area contributed by atoms with Crippen molar-refractivity contribution in [2.45, 2.75) is 38.6 Å². The van der Waals surface area contributed by atoms with Gasteiger partial charge < -0.3 is 10.6 Å². The topological polar surface area (TPSA) is 41.1 Å². The number of hydrogen-bond acceptors (Lipinski definition) is 2. The lowest BCUT2D eigenvalue weighted by Gasteiger charge is -2.10. The van der Waals surface area contributed by atoms with Crippen LogP contribution in [0.15, 0.2) is 24.3 Å². The van der Waals surface area contributed by atoms with Crippen molar-refractivity contribution in [3.05, 3.63) is 35.4 Å². The van der Waals surface area contributed by atoms with Gasteiger partial charge in [-0.15, -0.1) is 12.4 Å². The molecule has 19 heavy (non-hydrogen) atoms. The van der Waals surface area contributed by atoms with E-state index in [9.17, 15) is 4.79 Å². The summed E-state index contributed by atoms with van der Waals surface area (Å²) < 4.78 is 0. The predicted molar refractivity (Wildman–Crippen MR) is 81.0 cm³/mol. The van der Waals surface area contributed by atoms with Crippen LogP contribution in [-0.4, -0.2) is 25.0 Å². The highest BCUT2D eigenvalue weighted by Crippen LogP contribution is 2.08. The van der Waals surface area contributed by atoms with Gasteiger partial charge in [0.2, 0.25) is 0 Å². The maximum atomic E-state index is 11.9. The van der Waals surface area contributed by atoms with Gasteiger partial charge in [0.25, 0.3) is 5.91 Å². The van der Waals surface area contributed by atoms with Gasteiger partial charge in [-0.3, -0.25) is 4.79 Å². The molecule has 0 unspecified atom stereocenters. The second-order valence-electron chi connectivity index (χ2n) is 4.89. The van der Waals surface area contributed by atoms with E-state index in [0.717, 1.165) is 31.5 Å². The summed E-state index contributed by atoms with van der Waals surface area (Å²) >= 11 is 0. The van der Waals surface area contributed by atoms with Gasteiger partial charge in [-0.05, 0) is 49.9 Å². The molecule has 1 amide bonds. The number of carbonyl (C=O) groups excluding carboxylic acids is 1. The Morgan fingerprint density at radius 1 is 1.37 bits per heavy atom. The van der Waals surface area contributed by atoms with Gasteiger partial charge in [0, 0.05) is 18.2 Å². The third kappa shape index (κ3) is 4.84. The van der Waals surface area contributed by atoms with E-state index in [-0.39, 0.29) is 18.3 Å². The highest BCUT2D eigenvalue weighted by atomic mass is 35.5. The first kappa shape index (κ1) is 16.0. The van der Waals surface area contributed by atoms with Gasteiger partial charge in [-0.2, -0.15) is 0 Å². The summed E-state index contributed by atoms with van der Waals surface area (Å²) in [6.07, 6.45) is 4.53. The van der Waals surface area contributed by atoms with Crippen LogP contribution in [0.4, 0.5) is 0 Å². The van der Waals surface area contributed by atoms with E-state index in [1.54, 1.807) is 0 Å². The van der Waals surface area contributed by atoms with Crippen LogP contribution in [0.1, 0.15) is 42.1 Å². The number of hydrogen-bond donors (Lipinski definition) is 2. The van der Waals surface area contributed by atoms with Gasteiger partial charge in [0.15, 0.2) is 0 Å². The number of benzene rings is 1. The summed E-state index contributed by atoms with van der Waals surface area (Å²) in [5, 5.41) is 6.42. The van der Waals surface area contributed by atoms with Crippen molar-refractivity contribution in [1.29, 1.82) is 0 Å². The SMILES string of the molecule is CCc1ccc(C(=O)NCC[C@H]2CCCN2)cc1.Cl. The number of amides is 1. The van der Waals surface area contributed by atoms with Crippen LogP contribution in [-0.2, 0) is 6.42 Å². The molecule has 0 radical (unpaired) electrons. The fourth-order valence-electron chi connectivity index (χ4n) is 2.36. The zero-order valence-corrected chi connectivity index (χ0v) is 12.3. The Morgan fingerprint density at radius 2 is 2.11 bits per heavy atom. The minimum atomic E-state index is 0. The maximum Gasteiger partial charge on any atom is 0.251 e. The summed E-state index contributed by atoms with van der Waals surface area (Å²) in [5.74, 6) is 0.0376. The second-order valence-corrected chi connectivity index (χ2v) is 4.89. The number of carbonyl (C=O) groups is 1. The molecule has 3 nitrogen and oxygen atoms in total. The first-order chi connectivity index (χ1) is 8.79. The van der Waals surface area contributed by atoms with E-state index in [1.807, 2.05) is 24.3 Å². The molecule has 1 saturated heterocycles. The van der Waals surface area contributed by atoms with Crippen LogP contribution in [0.2, 0.25) is 0 Å². The first-order valence-corrected chi connectivity index (χ1v) is 6.90. The maximum absolute atomic E-state index is 11.9. The lowest BCUT2D eigenvalue weighted by molar-refractivity contribution is 0.0952. The lowest BCUT2D eigenvalue weighted by atomic mass is 10.1. The smallest absolute Gasteiger partial charge is 0.251 e. The molecule has 1 aromatic rings. The van der Waals surface area contributed by atoms with Crippen molar-refractivity contribution in [3.63, 3.8) is 0 Å². The summed E-state index contributed by atoms with van der Waals surface area (Å²) in [6.45, 7) is 3.99. The third-order valence-corrected chi connectivity index (χ3v) is 3.57. The Bertz CT molecular complexity index is 386.